The van der Waals surface area contributed by atoms with Gasteiger partial charge < -0.3 is 14.4 Å². The fourth-order valence-electron chi connectivity index (χ4n) is 4.36. The summed E-state index contributed by atoms with van der Waals surface area (Å²) in [5.41, 5.74) is 4.49. The fraction of sp³-hybridized carbons (Fsp3) is 0.450. The van der Waals surface area contributed by atoms with E-state index in [0.717, 1.165) is 48.2 Å². The van der Waals surface area contributed by atoms with Gasteiger partial charge in [-0.15, -0.1) is 0 Å². The first-order chi connectivity index (χ1) is 14.1. The average molecular weight is 393 g/mol. The molecule has 0 unspecified atom stereocenters. The predicted molar refractivity (Wildman–Crippen MR) is 104 cm³/mol. The number of amides is 1. The quantitative estimate of drug-likeness (QED) is 0.727. The van der Waals surface area contributed by atoms with Crippen LogP contribution in [0.25, 0.3) is 11.4 Å². The number of H-pyrrole nitrogens is 1. The summed E-state index contributed by atoms with van der Waals surface area (Å²) in [6, 6.07) is 0.187. The molecule has 3 aromatic heterocycles. The molecule has 9 nitrogen and oxygen atoms in total. The molecule has 1 saturated heterocycles. The third kappa shape index (κ3) is 3.11. The SMILES string of the molecule is Cc1ncc2c(c1-c1noc([C@H]3CCCN3C)n1)CCN(C(=O)c1cnc[nH]1)C2. The van der Waals surface area contributed by atoms with Crippen LogP contribution in [0.3, 0.4) is 0 Å². The van der Waals surface area contributed by atoms with Crippen LogP contribution in [0.15, 0.2) is 23.2 Å². The van der Waals surface area contributed by atoms with Crippen LogP contribution in [-0.4, -0.2) is 60.9 Å². The second-order valence-corrected chi connectivity index (χ2v) is 7.76. The number of imidazole rings is 1. The van der Waals surface area contributed by atoms with Gasteiger partial charge in [-0.2, -0.15) is 4.98 Å². The van der Waals surface area contributed by atoms with E-state index in [1.165, 1.54) is 6.33 Å². The maximum Gasteiger partial charge on any atom is 0.272 e. The Labute approximate surface area is 168 Å². The van der Waals surface area contributed by atoms with E-state index in [9.17, 15) is 4.79 Å². The van der Waals surface area contributed by atoms with Crippen LogP contribution in [0, 0.1) is 6.92 Å². The highest BCUT2D eigenvalue weighted by molar-refractivity contribution is 5.92. The molecule has 1 amide bonds. The van der Waals surface area contributed by atoms with Gasteiger partial charge in [-0.25, -0.2) is 4.98 Å². The van der Waals surface area contributed by atoms with Crippen molar-refractivity contribution in [2.24, 2.45) is 0 Å². The van der Waals surface area contributed by atoms with Crippen LogP contribution in [0.2, 0.25) is 0 Å². The first-order valence-corrected chi connectivity index (χ1v) is 9.91. The minimum Gasteiger partial charge on any atom is -0.341 e. The summed E-state index contributed by atoms with van der Waals surface area (Å²) in [7, 11) is 2.09. The highest BCUT2D eigenvalue weighted by Gasteiger charge is 2.30. The molecule has 0 aromatic carbocycles. The van der Waals surface area contributed by atoms with E-state index >= 15 is 0 Å². The molecule has 0 radical (unpaired) electrons. The standard InChI is InChI=1S/C20H23N7O2/c1-12-17(18-24-19(29-25-18)16-4-3-6-26(16)2)14-5-7-27(10-13(14)8-22-12)20(28)15-9-21-11-23-15/h8-9,11,16H,3-7,10H2,1-2H3,(H,21,23)/t16-/m1/s1. The molecule has 29 heavy (non-hydrogen) atoms. The Balaban J connectivity index is 1.45. The maximum absolute atomic E-state index is 12.7. The van der Waals surface area contributed by atoms with Crippen molar-refractivity contribution in [1.29, 1.82) is 0 Å². The van der Waals surface area contributed by atoms with Crippen molar-refractivity contribution in [2.45, 2.75) is 38.8 Å². The molecular weight excluding hydrogens is 370 g/mol. The van der Waals surface area contributed by atoms with Crippen molar-refractivity contribution in [3.8, 4) is 11.4 Å². The Morgan fingerprint density at radius 1 is 1.31 bits per heavy atom. The van der Waals surface area contributed by atoms with E-state index in [2.05, 4.69) is 32.1 Å². The van der Waals surface area contributed by atoms with Gasteiger partial charge >= 0.3 is 0 Å². The molecule has 2 aliphatic rings. The molecule has 3 aromatic rings. The highest BCUT2D eigenvalue weighted by Crippen LogP contribution is 2.34. The van der Waals surface area contributed by atoms with Crippen LogP contribution in [0.1, 0.15) is 52.1 Å². The molecule has 5 rings (SSSR count). The molecule has 150 valence electrons. The molecule has 5 heterocycles. The summed E-state index contributed by atoms with van der Waals surface area (Å²) >= 11 is 0. The van der Waals surface area contributed by atoms with Crippen molar-refractivity contribution < 1.29 is 9.32 Å². The van der Waals surface area contributed by atoms with E-state index < -0.39 is 0 Å². The van der Waals surface area contributed by atoms with Crippen molar-refractivity contribution in [3.63, 3.8) is 0 Å². The number of nitrogens with zero attached hydrogens (tertiary/aromatic N) is 6. The lowest BCUT2D eigenvalue weighted by molar-refractivity contribution is 0.0729. The monoisotopic (exact) mass is 393 g/mol. The number of hydrogen-bond donors (Lipinski definition) is 1. The Bertz CT molecular complexity index is 1040. The number of rotatable bonds is 3. The number of aromatic nitrogens is 5. The number of pyridine rings is 1. The fourth-order valence-corrected chi connectivity index (χ4v) is 4.36. The van der Waals surface area contributed by atoms with Crippen molar-refractivity contribution in [2.75, 3.05) is 20.1 Å². The molecule has 0 aliphatic carbocycles. The maximum atomic E-state index is 12.7. The molecule has 9 heteroatoms. The van der Waals surface area contributed by atoms with Crippen molar-refractivity contribution in [1.82, 2.24) is 34.9 Å². The van der Waals surface area contributed by atoms with Crippen molar-refractivity contribution >= 4 is 5.91 Å². The first-order valence-electron chi connectivity index (χ1n) is 9.91. The number of carbonyl (C=O) groups excluding carboxylic acids is 1. The minimum absolute atomic E-state index is 0.0543. The topological polar surface area (TPSA) is 104 Å². The van der Waals surface area contributed by atoms with Crippen molar-refractivity contribution in [3.05, 3.63) is 47.1 Å². The van der Waals surface area contributed by atoms with Crippen LogP contribution < -0.4 is 0 Å². The van der Waals surface area contributed by atoms with Gasteiger partial charge in [-0.3, -0.25) is 14.7 Å². The normalized spacial score (nSPS) is 19.5. The number of likely N-dealkylation sites (tertiary alicyclic amines) is 1. The van der Waals surface area contributed by atoms with E-state index in [0.29, 0.717) is 30.5 Å². The van der Waals surface area contributed by atoms with Crippen LogP contribution in [0.5, 0.6) is 0 Å². The van der Waals surface area contributed by atoms with Gasteiger partial charge in [0.2, 0.25) is 11.7 Å². The Morgan fingerprint density at radius 2 is 2.21 bits per heavy atom. The zero-order chi connectivity index (χ0) is 20.0. The zero-order valence-corrected chi connectivity index (χ0v) is 16.6. The molecule has 0 saturated carbocycles. The summed E-state index contributed by atoms with van der Waals surface area (Å²) in [5.74, 6) is 1.21. The number of nitrogens with one attached hydrogen (secondary N) is 1. The van der Waals surface area contributed by atoms with Gasteiger partial charge in [0, 0.05) is 30.5 Å². The number of aromatic amines is 1. The molecular formula is C20H23N7O2. The number of fused-ring (bicyclic) bond motifs is 1. The predicted octanol–water partition coefficient (Wildman–Crippen LogP) is 2.13. The third-order valence-electron chi connectivity index (χ3n) is 5.94. The second kappa shape index (κ2) is 7.07. The van der Waals surface area contributed by atoms with Gasteiger partial charge in [0.05, 0.1) is 18.6 Å². The van der Waals surface area contributed by atoms with E-state index in [-0.39, 0.29) is 11.9 Å². The van der Waals surface area contributed by atoms with Gasteiger partial charge in [0.25, 0.3) is 5.91 Å². The van der Waals surface area contributed by atoms with Gasteiger partial charge in [0.15, 0.2) is 0 Å². The van der Waals surface area contributed by atoms with Gasteiger partial charge in [0.1, 0.15) is 5.69 Å². The third-order valence-corrected chi connectivity index (χ3v) is 5.94. The summed E-state index contributed by atoms with van der Waals surface area (Å²) < 4.78 is 5.62. The molecule has 0 spiro atoms. The lowest BCUT2D eigenvalue weighted by Gasteiger charge is -2.29. The highest BCUT2D eigenvalue weighted by atomic mass is 16.5. The molecule has 1 fully saturated rings. The lowest BCUT2D eigenvalue weighted by atomic mass is 9.94. The largest absolute Gasteiger partial charge is 0.341 e. The molecule has 1 N–H and O–H groups in total. The zero-order valence-electron chi connectivity index (χ0n) is 16.6. The lowest BCUT2D eigenvalue weighted by Crippen LogP contribution is -2.36. The summed E-state index contributed by atoms with van der Waals surface area (Å²) in [6.45, 7) is 4.14. The first kappa shape index (κ1) is 18.0. The minimum atomic E-state index is -0.0543. The van der Waals surface area contributed by atoms with Gasteiger partial charge in [-0.1, -0.05) is 5.16 Å². The number of hydrogen-bond acceptors (Lipinski definition) is 7. The molecule has 0 bridgehead atoms. The van der Waals surface area contributed by atoms with Crippen LogP contribution in [0.4, 0.5) is 0 Å². The Morgan fingerprint density at radius 3 is 2.97 bits per heavy atom. The van der Waals surface area contributed by atoms with E-state index in [1.54, 1.807) is 6.20 Å². The average Bonchev–Trinajstić information content (AvgIpc) is 3.48. The van der Waals surface area contributed by atoms with Gasteiger partial charge in [-0.05, 0) is 50.9 Å². The summed E-state index contributed by atoms with van der Waals surface area (Å²) in [5, 5.41) is 4.28. The second-order valence-electron chi connectivity index (χ2n) is 7.76. The molecule has 2 aliphatic heterocycles. The summed E-state index contributed by atoms with van der Waals surface area (Å²) in [4.78, 5) is 32.8. The van der Waals surface area contributed by atoms with E-state index in [1.807, 2.05) is 18.0 Å². The number of carbonyl (C=O) groups is 1. The Hall–Kier alpha value is -3.07. The number of aryl methyl sites for hydroxylation is 1. The smallest absolute Gasteiger partial charge is 0.272 e. The molecule has 1 atom stereocenters. The van der Waals surface area contributed by atoms with E-state index in [4.69, 9.17) is 9.51 Å². The Kier molecular flexibility index (Phi) is 4.39. The summed E-state index contributed by atoms with van der Waals surface area (Å²) in [6.07, 6.45) is 7.82. The van der Waals surface area contributed by atoms with Crippen LogP contribution in [-0.2, 0) is 13.0 Å². The van der Waals surface area contributed by atoms with Crippen LogP contribution >= 0.6 is 0 Å².